The number of nitrogens with zero attached hydrogens (tertiary/aromatic N) is 1. The molecule has 0 aliphatic carbocycles. The van der Waals surface area contributed by atoms with Crippen molar-refractivity contribution in [3.05, 3.63) is 34.3 Å². The van der Waals surface area contributed by atoms with Crippen LogP contribution in [0.2, 0.25) is 0 Å². The molecule has 1 saturated heterocycles. The fourth-order valence-corrected chi connectivity index (χ4v) is 5.99. The molecule has 1 unspecified atom stereocenters. The first-order valence-corrected chi connectivity index (χ1v) is 10.3. The summed E-state index contributed by atoms with van der Waals surface area (Å²) in [5, 5.41) is 0.0695. The highest BCUT2D eigenvalue weighted by Crippen LogP contribution is 2.24. The molecule has 0 saturated carbocycles. The smallest absolute Gasteiger partial charge is 0.232 e. The Labute approximate surface area is 138 Å². The maximum atomic E-state index is 12.1. The Morgan fingerprint density at radius 2 is 2.05 bits per heavy atom. The average molecular weight is 392 g/mol. The van der Waals surface area contributed by atoms with Crippen LogP contribution in [0.25, 0.3) is 0 Å². The molecule has 0 radical (unpaired) electrons. The van der Waals surface area contributed by atoms with Crippen molar-refractivity contribution in [3.63, 3.8) is 0 Å². The predicted molar refractivity (Wildman–Crippen MR) is 90.1 cm³/mol. The van der Waals surface area contributed by atoms with Gasteiger partial charge in [-0.3, -0.25) is 4.79 Å². The first-order valence-electron chi connectivity index (χ1n) is 6.66. The van der Waals surface area contributed by atoms with Crippen LogP contribution in [0.1, 0.15) is 12.0 Å². The van der Waals surface area contributed by atoms with Gasteiger partial charge in [-0.15, -0.1) is 11.8 Å². The molecule has 1 aliphatic heterocycles. The number of hydrogen-bond acceptors (Lipinski definition) is 4. The van der Waals surface area contributed by atoms with Gasteiger partial charge in [0.1, 0.15) is 0 Å². The molecule has 1 amide bonds. The second kappa shape index (κ2) is 7.15. The van der Waals surface area contributed by atoms with E-state index in [2.05, 4.69) is 15.9 Å². The van der Waals surface area contributed by atoms with Crippen LogP contribution >= 0.6 is 27.7 Å². The summed E-state index contributed by atoms with van der Waals surface area (Å²) in [5.41, 5.74) is 1.07. The number of carbonyl (C=O) groups is 1. The fraction of sp³-hybridized carbons (Fsp3) is 0.500. The lowest BCUT2D eigenvalue weighted by atomic mass is 10.2. The lowest BCUT2D eigenvalue weighted by molar-refractivity contribution is -0.127. The van der Waals surface area contributed by atoms with E-state index >= 15 is 0 Å². The van der Waals surface area contributed by atoms with Crippen molar-refractivity contribution in [1.29, 1.82) is 0 Å². The first kappa shape index (κ1) is 16.8. The Morgan fingerprint density at radius 1 is 1.38 bits per heavy atom. The van der Waals surface area contributed by atoms with Crippen LogP contribution in [0, 0.1) is 0 Å². The minimum atomic E-state index is -2.87. The van der Waals surface area contributed by atoms with E-state index in [9.17, 15) is 13.2 Å². The molecule has 1 heterocycles. The molecule has 1 aliphatic rings. The molecular formula is C14H18BrNO3S2. The van der Waals surface area contributed by atoms with Crippen molar-refractivity contribution in [2.45, 2.75) is 18.2 Å². The molecule has 1 fully saturated rings. The molecule has 7 heteroatoms. The summed E-state index contributed by atoms with van der Waals surface area (Å²) in [4.78, 5) is 13.8. The van der Waals surface area contributed by atoms with Crippen molar-refractivity contribution in [1.82, 2.24) is 4.90 Å². The van der Waals surface area contributed by atoms with E-state index in [0.717, 1.165) is 10.0 Å². The Bertz CT molecular complexity index is 601. The first-order chi connectivity index (χ1) is 9.85. The minimum absolute atomic E-state index is 0.0345. The summed E-state index contributed by atoms with van der Waals surface area (Å²) in [5.74, 6) is 0.842. The molecule has 21 heavy (non-hydrogen) atoms. The quantitative estimate of drug-likeness (QED) is 0.772. The molecule has 1 aromatic rings. The van der Waals surface area contributed by atoms with Crippen molar-refractivity contribution in [2.24, 2.45) is 0 Å². The lowest BCUT2D eigenvalue weighted by Crippen LogP contribution is -2.28. The number of thioether (sulfide) groups is 1. The van der Waals surface area contributed by atoms with E-state index in [1.54, 1.807) is 11.9 Å². The van der Waals surface area contributed by atoms with Gasteiger partial charge >= 0.3 is 0 Å². The van der Waals surface area contributed by atoms with E-state index in [4.69, 9.17) is 0 Å². The molecule has 0 bridgehead atoms. The van der Waals surface area contributed by atoms with Gasteiger partial charge in [-0.25, -0.2) is 8.42 Å². The number of benzene rings is 1. The van der Waals surface area contributed by atoms with Crippen molar-refractivity contribution >= 4 is 43.4 Å². The zero-order chi connectivity index (χ0) is 15.5. The van der Waals surface area contributed by atoms with Crippen LogP contribution in [-0.2, 0) is 21.2 Å². The van der Waals surface area contributed by atoms with E-state index in [-0.39, 0.29) is 22.7 Å². The third kappa shape index (κ3) is 5.30. The highest BCUT2D eigenvalue weighted by Gasteiger charge is 2.28. The summed E-state index contributed by atoms with van der Waals surface area (Å²) in [6, 6.07) is 7.85. The molecule has 0 aromatic heterocycles. The molecule has 1 aromatic carbocycles. The second-order valence-electron chi connectivity index (χ2n) is 5.21. The van der Waals surface area contributed by atoms with Gasteiger partial charge in [-0.1, -0.05) is 28.1 Å². The normalized spacial score (nSPS) is 20.4. The predicted octanol–water partition coefficient (Wildman–Crippen LogP) is 2.33. The van der Waals surface area contributed by atoms with Crippen LogP contribution in [0.5, 0.6) is 0 Å². The van der Waals surface area contributed by atoms with Crippen molar-refractivity contribution in [2.75, 3.05) is 24.3 Å². The van der Waals surface area contributed by atoms with Crippen molar-refractivity contribution in [3.8, 4) is 0 Å². The highest BCUT2D eigenvalue weighted by molar-refractivity contribution is 9.10. The lowest BCUT2D eigenvalue weighted by Gasteiger charge is -2.18. The molecule has 4 nitrogen and oxygen atoms in total. The topological polar surface area (TPSA) is 54.5 Å². The second-order valence-corrected chi connectivity index (χ2v) is 9.65. The third-order valence-corrected chi connectivity index (χ3v) is 7.19. The maximum absolute atomic E-state index is 12.1. The largest absolute Gasteiger partial charge is 0.341 e. The molecular weight excluding hydrogens is 374 g/mol. The summed E-state index contributed by atoms with van der Waals surface area (Å²) < 4.78 is 23.8. The SMILES string of the molecule is CN(Cc1ccc(Br)cc1)C(=O)CSC1CCS(=O)(=O)C1. The molecule has 0 N–H and O–H groups in total. The van der Waals surface area contributed by atoms with Gasteiger partial charge in [0.25, 0.3) is 0 Å². The number of rotatable bonds is 5. The number of amides is 1. The van der Waals surface area contributed by atoms with Gasteiger partial charge in [0.05, 0.1) is 17.3 Å². The standard InChI is InChI=1S/C14H18BrNO3S2/c1-16(8-11-2-4-12(15)5-3-11)14(17)9-20-13-6-7-21(18,19)10-13/h2-5,13H,6-10H2,1H3. The number of carbonyl (C=O) groups excluding carboxylic acids is 1. The zero-order valence-electron chi connectivity index (χ0n) is 11.8. The molecule has 116 valence electrons. The van der Waals surface area contributed by atoms with Gasteiger partial charge in [0, 0.05) is 23.3 Å². The third-order valence-electron chi connectivity index (χ3n) is 3.39. The van der Waals surface area contributed by atoms with E-state index in [1.807, 2.05) is 24.3 Å². The van der Waals surface area contributed by atoms with Gasteiger partial charge in [0.2, 0.25) is 5.91 Å². The van der Waals surface area contributed by atoms with Gasteiger partial charge in [-0.2, -0.15) is 0 Å². The van der Waals surface area contributed by atoms with E-state index in [0.29, 0.717) is 18.7 Å². The maximum Gasteiger partial charge on any atom is 0.232 e. The van der Waals surface area contributed by atoms with Crippen LogP contribution in [0.15, 0.2) is 28.7 Å². The van der Waals surface area contributed by atoms with E-state index < -0.39 is 9.84 Å². The van der Waals surface area contributed by atoms with E-state index in [1.165, 1.54) is 11.8 Å². The summed E-state index contributed by atoms with van der Waals surface area (Å²) in [6.45, 7) is 0.565. The zero-order valence-corrected chi connectivity index (χ0v) is 15.0. The van der Waals surface area contributed by atoms with Crippen molar-refractivity contribution < 1.29 is 13.2 Å². The Hall–Kier alpha value is -0.530. The van der Waals surface area contributed by atoms with Crippen LogP contribution < -0.4 is 0 Å². The van der Waals surface area contributed by atoms with Crippen LogP contribution in [0.4, 0.5) is 0 Å². The summed E-state index contributed by atoms with van der Waals surface area (Å²) >= 11 is 4.84. The fourth-order valence-electron chi connectivity index (χ4n) is 2.14. The molecule has 1 atom stereocenters. The number of hydrogen-bond donors (Lipinski definition) is 0. The van der Waals surface area contributed by atoms with Gasteiger partial charge in [0.15, 0.2) is 9.84 Å². The molecule has 0 spiro atoms. The summed E-state index contributed by atoms with van der Waals surface area (Å²) in [6.07, 6.45) is 0.663. The monoisotopic (exact) mass is 391 g/mol. The summed E-state index contributed by atoms with van der Waals surface area (Å²) in [7, 11) is -1.09. The Balaban J connectivity index is 1.79. The minimum Gasteiger partial charge on any atom is -0.341 e. The average Bonchev–Trinajstić information content (AvgIpc) is 2.78. The highest BCUT2D eigenvalue weighted by atomic mass is 79.9. The molecule has 2 rings (SSSR count). The van der Waals surface area contributed by atoms with Gasteiger partial charge < -0.3 is 4.90 Å². The van der Waals surface area contributed by atoms with Gasteiger partial charge in [-0.05, 0) is 24.1 Å². The number of halogens is 1. The number of sulfone groups is 1. The van der Waals surface area contributed by atoms with Crippen LogP contribution in [-0.4, -0.2) is 48.8 Å². The Morgan fingerprint density at radius 3 is 2.62 bits per heavy atom. The Kier molecular flexibility index (Phi) is 5.73. The van der Waals surface area contributed by atoms with Crippen LogP contribution in [0.3, 0.4) is 0 Å².